The van der Waals surface area contributed by atoms with E-state index >= 15 is 0 Å². The van der Waals surface area contributed by atoms with Crippen molar-refractivity contribution in [1.29, 1.82) is 0 Å². The zero-order valence-electron chi connectivity index (χ0n) is 55.0. The van der Waals surface area contributed by atoms with Crippen LogP contribution in [0.5, 0.6) is 0 Å². The summed E-state index contributed by atoms with van der Waals surface area (Å²) in [5, 5.41) is 28.0. The molecule has 13 N–H and O–H groups in total. The van der Waals surface area contributed by atoms with Crippen molar-refractivity contribution in [1.82, 2.24) is 135 Å². The lowest BCUT2D eigenvalue weighted by atomic mass is 10.0. The van der Waals surface area contributed by atoms with Crippen LogP contribution in [0, 0.1) is 0 Å². The zero-order valence-corrected chi connectivity index (χ0v) is 55.0. The predicted molar refractivity (Wildman–Crippen MR) is 376 cm³/mol. The van der Waals surface area contributed by atoms with Gasteiger partial charge in [0, 0.05) is 0 Å². The number of aromatic amines is 6. The summed E-state index contributed by atoms with van der Waals surface area (Å²) in [5.41, 5.74) is 9.98. The molecule has 0 amide bonds. The van der Waals surface area contributed by atoms with E-state index in [2.05, 4.69) is 166 Å². The van der Waals surface area contributed by atoms with Gasteiger partial charge in [0.05, 0.1) is 101 Å². The summed E-state index contributed by atoms with van der Waals surface area (Å²) in [5.74, 6) is 6.08. The number of oxazole rings is 3. The van der Waals surface area contributed by atoms with Crippen LogP contribution in [-0.4, -0.2) is 146 Å². The highest BCUT2D eigenvalue weighted by Gasteiger charge is 2.25. The van der Waals surface area contributed by atoms with Crippen molar-refractivity contribution in [3.8, 4) is 0 Å². The minimum Gasteiger partial charge on any atom is -0.479 e. The maximum atomic E-state index is 11.3. The summed E-state index contributed by atoms with van der Waals surface area (Å²) < 4.78 is 31.1. The number of carboxylic acid groups (broad SMARTS) is 1. The number of nitrogens with one attached hydrogen (secondary N) is 12. The van der Waals surface area contributed by atoms with Gasteiger partial charge in [-0.25, -0.2) is 109 Å². The van der Waals surface area contributed by atoms with Gasteiger partial charge in [-0.1, -0.05) is 30.3 Å². The lowest BCUT2D eigenvalue weighted by Gasteiger charge is -2.17. The van der Waals surface area contributed by atoms with Crippen molar-refractivity contribution >= 4 is 108 Å². The van der Waals surface area contributed by atoms with Gasteiger partial charge in [0.15, 0.2) is 87.6 Å². The molecule has 19 rings (SSSR count). The van der Waals surface area contributed by atoms with Crippen LogP contribution in [0.15, 0.2) is 226 Å². The molecular formula is C65H57N33O8. The van der Waals surface area contributed by atoms with Gasteiger partial charge in [0.2, 0.25) is 5.89 Å². The average Bonchev–Trinajstić information content (AvgIpc) is 1.56. The number of anilines is 6. The lowest BCUT2D eigenvalue weighted by molar-refractivity contribution is -0.138. The molecule has 0 fully saturated rings. The number of aromatic nitrogens is 27. The van der Waals surface area contributed by atoms with E-state index in [0.717, 1.165) is 61.9 Å². The third-order valence-electron chi connectivity index (χ3n) is 15.0. The molecule has 530 valence electrons. The van der Waals surface area contributed by atoms with Crippen LogP contribution >= 0.6 is 0 Å². The third-order valence-corrected chi connectivity index (χ3v) is 15.0. The number of carboxylic acids is 1. The highest BCUT2D eigenvalue weighted by molar-refractivity contribution is 5.87. The number of fused-ring (bicyclic) bond motifs is 6. The number of hydrogen-bond acceptors (Lipinski definition) is 34. The fraction of sp³-hybridized carbons (Fsp3) is 0.108. The molecule has 41 heteroatoms. The Hall–Kier alpha value is -15.7. The van der Waals surface area contributed by atoms with Gasteiger partial charge in [-0.15, -0.1) is 0 Å². The van der Waals surface area contributed by atoms with Crippen LogP contribution in [0.3, 0.4) is 0 Å². The molecule has 0 aliphatic rings. The lowest BCUT2D eigenvalue weighted by Crippen LogP contribution is -2.20. The van der Waals surface area contributed by atoms with E-state index < -0.39 is 12.0 Å². The van der Waals surface area contributed by atoms with Crippen molar-refractivity contribution in [2.24, 2.45) is 0 Å². The average molecular weight is 1430 g/mol. The first-order valence-electron chi connectivity index (χ1n) is 31.7. The second-order valence-electron chi connectivity index (χ2n) is 21.7. The zero-order chi connectivity index (χ0) is 72.1. The number of H-pyrrole nitrogens is 6. The number of benzene rings is 1. The Morgan fingerprint density at radius 2 is 0.858 bits per heavy atom. The number of nitrogens with zero attached hydrogens (tertiary/aromatic N) is 21. The van der Waals surface area contributed by atoms with Gasteiger partial charge in [-0.2, -0.15) is 0 Å². The fourth-order valence-corrected chi connectivity index (χ4v) is 10.0. The summed E-state index contributed by atoms with van der Waals surface area (Å²) >= 11 is 0. The molecule has 0 spiro atoms. The van der Waals surface area contributed by atoms with E-state index in [1.807, 2.05) is 61.5 Å². The minimum absolute atomic E-state index is 0.0337. The third kappa shape index (κ3) is 16.6. The van der Waals surface area contributed by atoms with E-state index in [4.69, 9.17) is 26.5 Å². The first kappa shape index (κ1) is 67.4. The Morgan fingerprint density at radius 3 is 1.29 bits per heavy atom. The van der Waals surface area contributed by atoms with Crippen molar-refractivity contribution in [3.63, 3.8) is 0 Å². The number of furan rings is 3. The monoisotopic (exact) mass is 1430 g/mol. The van der Waals surface area contributed by atoms with E-state index in [1.165, 1.54) is 69.6 Å². The van der Waals surface area contributed by atoms with Crippen molar-refractivity contribution in [2.45, 2.75) is 44.7 Å². The van der Waals surface area contributed by atoms with E-state index in [0.29, 0.717) is 99.8 Å². The molecule has 18 heterocycles. The SMILES string of the molecule is CC(Nc1ncnc2nc[nH]c12)c1ccco1.O=C(O)C(Nc1ncnc2nc[nH]c12)c1ccco1.c1ccc(C(Nc2ncnc3nc[nH]c23)c2ccco2)cc1.c1coc(CNc2ncnc3nc[nH]c23)n1.c1nc(NCc2cnco2)c2[nH]cnc2n1.c1nc(NCc2cocn2)c2[nH]cnc2n1. The van der Waals surface area contributed by atoms with Gasteiger partial charge in [-0.05, 0) is 48.9 Å². The molecular weight excluding hydrogens is 1370 g/mol. The number of hydrogen-bond donors (Lipinski definition) is 13. The van der Waals surface area contributed by atoms with Gasteiger partial charge in [0.1, 0.15) is 113 Å². The number of imidazole rings is 6. The summed E-state index contributed by atoms with van der Waals surface area (Å²) in [7, 11) is 0. The van der Waals surface area contributed by atoms with Gasteiger partial charge >= 0.3 is 5.97 Å². The first-order valence-corrected chi connectivity index (χ1v) is 31.7. The quantitative estimate of drug-likeness (QED) is 0.0338. The minimum atomic E-state index is -1.07. The molecule has 0 radical (unpaired) electrons. The van der Waals surface area contributed by atoms with Crippen LogP contribution in [0.25, 0.3) is 67.0 Å². The van der Waals surface area contributed by atoms with Crippen molar-refractivity contribution in [2.75, 3.05) is 31.9 Å². The normalized spacial score (nSPS) is 11.7. The van der Waals surface area contributed by atoms with Crippen LogP contribution in [-0.2, 0) is 24.4 Å². The Bertz CT molecular complexity index is 5530. The molecule has 3 atom stereocenters. The van der Waals surface area contributed by atoms with E-state index in [-0.39, 0.29) is 12.1 Å². The van der Waals surface area contributed by atoms with Crippen molar-refractivity contribution < 1.29 is 36.4 Å². The molecule has 19 aromatic rings. The van der Waals surface area contributed by atoms with Gasteiger partial charge in [0.25, 0.3) is 0 Å². The molecule has 0 saturated carbocycles. The molecule has 0 aliphatic carbocycles. The maximum absolute atomic E-state index is 11.3. The van der Waals surface area contributed by atoms with Gasteiger partial charge < -0.3 is 93.4 Å². The van der Waals surface area contributed by atoms with Gasteiger partial charge in [-0.3, -0.25) is 0 Å². The predicted octanol–water partition coefficient (Wildman–Crippen LogP) is 9.31. The first-order chi connectivity index (χ1) is 52.3. The molecule has 0 saturated heterocycles. The highest BCUT2D eigenvalue weighted by Crippen LogP contribution is 2.30. The van der Waals surface area contributed by atoms with E-state index in [9.17, 15) is 9.90 Å². The van der Waals surface area contributed by atoms with Crippen LogP contribution in [0.1, 0.15) is 65.2 Å². The standard InChI is InChI=1S/C16H13N5O.C11H9N5O3.C11H11N5O.3C9H8N6O/c1-2-5-11(6-3-1)13(12-7-4-8-22-12)21-16-14-15(18-9-17-14)19-10-20-16;17-11(18)7(6-2-1-3-19-6)16-10-8-9(13-4-12-8)14-5-15-10;1-7(8-3-2-4-17-8)16-11-9-10(13-5-12-9)14-6-15-11;1(6-2-16-5-15-6)10-8-7-9(12-3-11-7)14-4-13-8;1-6(16-5-10-1)2-11-8-7-9(13-3-12-7)15-4-14-8;1-2-16-6(10-1)3-11-8-7-9(13-4-12-7)15-5-14-8/h1-10,13H,(H2,17,18,19,20,21);1-5,7H,(H,17,18)(H2,12,13,14,15,16);2-7H,1H3,(H2,12,13,14,15,16);2-5H,1H2,(H2,10,11,12,13,14);1,3-5H,2H2,(H2,11,12,13,14,15);1-2,4-5H,3H2,(H2,11,12,13,14,15). The smallest absolute Gasteiger partial charge is 0.334 e. The summed E-state index contributed by atoms with van der Waals surface area (Å²) in [4.78, 5) is 114. The van der Waals surface area contributed by atoms with E-state index in [1.54, 1.807) is 75.0 Å². The molecule has 106 heavy (non-hydrogen) atoms. The maximum Gasteiger partial charge on any atom is 0.334 e. The summed E-state index contributed by atoms with van der Waals surface area (Å²) in [6.45, 7) is 3.54. The second kappa shape index (κ2) is 33.0. The molecule has 18 aromatic heterocycles. The van der Waals surface area contributed by atoms with Crippen LogP contribution in [0.4, 0.5) is 34.9 Å². The number of aliphatic carboxylic acids is 1. The Balaban J connectivity index is 0.000000107. The molecule has 1 aromatic carbocycles. The Kier molecular flexibility index (Phi) is 21.0. The topological polar surface area (TPSA) is 554 Å². The molecule has 41 nitrogen and oxygen atoms in total. The number of rotatable bonds is 20. The highest BCUT2D eigenvalue weighted by atomic mass is 16.4. The van der Waals surface area contributed by atoms with Crippen LogP contribution in [0.2, 0.25) is 0 Å². The Morgan fingerprint density at radius 1 is 0.415 bits per heavy atom. The Labute approximate surface area is 592 Å². The molecule has 0 bridgehead atoms. The fourth-order valence-electron chi connectivity index (χ4n) is 10.0. The summed E-state index contributed by atoms with van der Waals surface area (Å²) in [6, 6.07) is 19.7. The number of carbonyl (C=O) groups is 1. The second-order valence-corrected chi connectivity index (χ2v) is 21.7. The van der Waals surface area contributed by atoms with Crippen LogP contribution < -0.4 is 31.9 Å². The van der Waals surface area contributed by atoms with Crippen molar-refractivity contribution in [3.05, 3.63) is 239 Å². The molecule has 3 unspecified atom stereocenters. The molecule has 0 aliphatic heterocycles. The summed E-state index contributed by atoms with van der Waals surface area (Å²) in [6.07, 6.45) is 32.0. The largest absolute Gasteiger partial charge is 0.479 e.